The first-order valence-electron chi connectivity index (χ1n) is 9.58. The Morgan fingerprint density at radius 3 is 2.10 bits per heavy atom. The van der Waals surface area contributed by atoms with Gasteiger partial charge in [-0.1, -0.05) is 53.5 Å². The number of nitrogens with zero attached hydrogens (tertiary/aromatic N) is 2. The Morgan fingerprint density at radius 1 is 0.806 bits per heavy atom. The molecule has 2 aliphatic heterocycles. The monoisotopic (exact) mass is 454 g/mol. The Bertz CT molecular complexity index is 1150. The van der Waals surface area contributed by atoms with Gasteiger partial charge in [0, 0.05) is 10.0 Å². The van der Waals surface area contributed by atoms with Crippen LogP contribution >= 0.6 is 23.2 Å². The van der Waals surface area contributed by atoms with E-state index in [1.165, 1.54) is 18.2 Å². The first-order valence-corrected chi connectivity index (χ1v) is 10.3. The number of rotatable bonds is 3. The molecule has 8 heteroatoms. The molecular weight excluding hydrogens is 439 g/mol. The molecule has 2 saturated heterocycles. The topological polar surface area (TPSA) is 70.1 Å². The summed E-state index contributed by atoms with van der Waals surface area (Å²) < 4.78 is 0. The average molecular weight is 455 g/mol. The van der Waals surface area contributed by atoms with Gasteiger partial charge < -0.3 is 5.11 Å². The molecule has 5 rings (SSSR count). The van der Waals surface area contributed by atoms with E-state index in [-0.39, 0.29) is 5.75 Å². The lowest BCUT2D eigenvalue weighted by molar-refractivity contribution is -0.126. The van der Waals surface area contributed by atoms with E-state index in [4.69, 9.17) is 28.0 Å². The van der Waals surface area contributed by atoms with Crippen LogP contribution in [-0.2, 0) is 14.4 Å². The van der Waals surface area contributed by atoms with Gasteiger partial charge in [-0.2, -0.15) is 0 Å². The van der Waals surface area contributed by atoms with Crippen LogP contribution in [0.25, 0.3) is 0 Å². The van der Waals surface area contributed by atoms with Crippen LogP contribution in [0.5, 0.6) is 5.75 Å². The van der Waals surface area contributed by atoms with E-state index in [0.29, 0.717) is 21.4 Å². The summed E-state index contributed by atoms with van der Waals surface area (Å²) in [5, 5.41) is 11.9. The molecule has 0 spiro atoms. The fourth-order valence-corrected chi connectivity index (χ4v) is 4.66. The van der Waals surface area contributed by atoms with Crippen molar-refractivity contribution < 1.29 is 19.5 Å². The average Bonchev–Trinajstić information content (AvgIpc) is 3.25. The number of halogens is 2. The second kappa shape index (κ2) is 7.57. The smallest absolute Gasteiger partial charge is 0.266 e. The third-order valence-corrected chi connectivity index (χ3v) is 5.90. The highest BCUT2D eigenvalue weighted by Gasteiger charge is 2.60. The third-order valence-electron chi connectivity index (χ3n) is 5.47. The van der Waals surface area contributed by atoms with Crippen LogP contribution in [0.15, 0.2) is 72.8 Å². The van der Waals surface area contributed by atoms with Crippen molar-refractivity contribution in [2.75, 3.05) is 9.96 Å². The summed E-state index contributed by atoms with van der Waals surface area (Å²) in [4.78, 5) is 33.9. The van der Waals surface area contributed by atoms with Crippen LogP contribution in [0.1, 0.15) is 11.6 Å². The molecular formula is C23H16Cl2N2O4. The van der Waals surface area contributed by atoms with Crippen LogP contribution in [0.3, 0.4) is 0 Å². The van der Waals surface area contributed by atoms with Gasteiger partial charge in [-0.3, -0.25) is 14.4 Å². The van der Waals surface area contributed by atoms with E-state index < -0.39 is 29.9 Å². The molecule has 0 bridgehead atoms. The summed E-state index contributed by atoms with van der Waals surface area (Å²) in [5.74, 6) is -1.55. The van der Waals surface area contributed by atoms with E-state index in [9.17, 15) is 14.7 Å². The Balaban J connectivity index is 1.59. The van der Waals surface area contributed by atoms with Crippen LogP contribution in [-0.4, -0.2) is 23.0 Å². The summed E-state index contributed by atoms with van der Waals surface area (Å²) in [6.45, 7) is 0. The molecule has 3 atom stereocenters. The number of para-hydroxylation sites is 1. The zero-order valence-electron chi connectivity index (χ0n) is 16.0. The lowest BCUT2D eigenvalue weighted by atomic mass is 9.90. The highest BCUT2D eigenvalue weighted by molar-refractivity contribution is 6.35. The predicted molar refractivity (Wildman–Crippen MR) is 117 cm³/mol. The Kier molecular flexibility index (Phi) is 4.85. The summed E-state index contributed by atoms with van der Waals surface area (Å²) >= 11 is 12.2. The molecule has 3 aromatic carbocycles. The molecule has 0 unspecified atom stereocenters. The van der Waals surface area contributed by atoms with Crippen molar-refractivity contribution in [2.45, 2.75) is 12.1 Å². The van der Waals surface area contributed by atoms with Crippen molar-refractivity contribution in [1.82, 2.24) is 0 Å². The van der Waals surface area contributed by atoms with Crippen molar-refractivity contribution in [2.24, 2.45) is 5.92 Å². The number of hydrogen-bond acceptors (Lipinski definition) is 5. The largest absolute Gasteiger partial charge is 0.508 e. The Morgan fingerprint density at radius 2 is 1.45 bits per heavy atom. The minimum Gasteiger partial charge on any atom is -0.508 e. The van der Waals surface area contributed by atoms with Gasteiger partial charge in [-0.05, 0) is 48.0 Å². The van der Waals surface area contributed by atoms with Crippen molar-refractivity contribution in [1.29, 1.82) is 0 Å². The molecule has 31 heavy (non-hydrogen) atoms. The lowest BCUT2D eigenvalue weighted by Crippen LogP contribution is -2.37. The quantitative estimate of drug-likeness (QED) is 0.578. The van der Waals surface area contributed by atoms with E-state index in [1.54, 1.807) is 29.3 Å². The zero-order chi connectivity index (χ0) is 21.7. The molecule has 2 aliphatic rings. The van der Waals surface area contributed by atoms with Gasteiger partial charge in [-0.15, -0.1) is 0 Å². The van der Waals surface area contributed by atoms with Crippen molar-refractivity contribution in [3.8, 4) is 5.75 Å². The summed E-state index contributed by atoms with van der Waals surface area (Å²) in [6.07, 6.45) is -0.996. The SMILES string of the molecule is O=C1[C@@H]2[C@@H](c3ccc(O)cc3)N(c3ccccc3)O[C@H]2C(=O)N1c1cc(Cl)cc(Cl)c1. The molecule has 0 saturated carbocycles. The molecule has 1 N–H and O–H groups in total. The number of hydroxylamine groups is 1. The number of fused-ring (bicyclic) bond motifs is 1. The molecule has 156 valence electrons. The van der Waals surface area contributed by atoms with Crippen LogP contribution in [0.2, 0.25) is 10.0 Å². The van der Waals surface area contributed by atoms with Gasteiger partial charge >= 0.3 is 0 Å². The highest BCUT2D eigenvalue weighted by Crippen LogP contribution is 2.48. The molecule has 2 amide bonds. The number of phenolic OH excluding ortho intramolecular Hbond substituents is 1. The van der Waals surface area contributed by atoms with Crippen LogP contribution in [0, 0.1) is 5.92 Å². The standard InChI is InChI=1S/C23H16Cl2N2O4/c24-14-10-15(25)12-17(11-14)26-22(29)19-20(13-6-8-18(28)9-7-13)27(31-21(19)23(26)30)16-4-2-1-3-5-16/h1-12,19-21,28H/t19-,20-,21-/m1/s1. The van der Waals surface area contributed by atoms with E-state index in [0.717, 1.165) is 10.5 Å². The number of anilines is 2. The number of phenols is 1. The summed E-state index contributed by atoms with van der Waals surface area (Å²) in [7, 11) is 0. The number of aromatic hydroxyl groups is 1. The lowest BCUT2D eigenvalue weighted by Gasteiger charge is -2.28. The molecule has 2 fully saturated rings. The summed E-state index contributed by atoms with van der Waals surface area (Å²) in [5.41, 5.74) is 1.76. The fraction of sp³-hybridized carbons (Fsp3) is 0.130. The van der Waals surface area contributed by atoms with Gasteiger partial charge in [0.15, 0.2) is 6.10 Å². The number of imide groups is 1. The number of carbonyl (C=O) groups excluding carboxylic acids is 2. The maximum atomic E-state index is 13.5. The normalized spacial score (nSPS) is 22.8. The van der Waals surface area contributed by atoms with Gasteiger partial charge in [-0.25, -0.2) is 9.96 Å². The highest BCUT2D eigenvalue weighted by atomic mass is 35.5. The van der Waals surface area contributed by atoms with Gasteiger partial charge in [0.25, 0.3) is 5.91 Å². The van der Waals surface area contributed by atoms with E-state index in [1.807, 2.05) is 30.3 Å². The molecule has 6 nitrogen and oxygen atoms in total. The van der Waals surface area contributed by atoms with Crippen molar-refractivity contribution in [3.05, 3.63) is 88.4 Å². The fourth-order valence-electron chi connectivity index (χ4n) is 4.15. The van der Waals surface area contributed by atoms with Gasteiger partial charge in [0.2, 0.25) is 5.91 Å². The van der Waals surface area contributed by atoms with Crippen LogP contribution in [0.4, 0.5) is 11.4 Å². The number of hydrogen-bond donors (Lipinski definition) is 1. The zero-order valence-corrected chi connectivity index (χ0v) is 17.5. The first kappa shape index (κ1) is 19.9. The number of amides is 2. The molecule has 0 aliphatic carbocycles. The molecule has 2 heterocycles. The maximum absolute atomic E-state index is 13.5. The van der Waals surface area contributed by atoms with Crippen molar-refractivity contribution >= 4 is 46.4 Å². The maximum Gasteiger partial charge on any atom is 0.266 e. The van der Waals surface area contributed by atoms with E-state index >= 15 is 0 Å². The number of carbonyl (C=O) groups is 2. The second-order valence-corrected chi connectivity index (χ2v) is 8.26. The van der Waals surface area contributed by atoms with Gasteiger partial charge in [0.05, 0.1) is 17.4 Å². The summed E-state index contributed by atoms with van der Waals surface area (Å²) in [6, 6.07) is 19.8. The minimum atomic E-state index is -0.996. The van der Waals surface area contributed by atoms with Crippen molar-refractivity contribution in [3.63, 3.8) is 0 Å². The predicted octanol–water partition coefficient (Wildman–Crippen LogP) is 4.75. The molecule has 0 aromatic heterocycles. The Labute approximate surface area is 188 Å². The second-order valence-electron chi connectivity index (χ2n) is 7.39. The van der Waals surface area contributed by atoms with E-state index in [2.05, 4.69) is 0 Å². The third kappa shape index (κ3) is 3.33. The minimum absolute atomic E-state index is 0.106. The number of benzene rings is 3. The Hall–Kier alpha value is -3.06. The van der Waals surface area contributed by atoms with Crippen LogP contribution < -0.4 is 9.96 Å². The molecule has 3 aromatic rings. The molecule has 0 radical (unpaired) electrons. The first-order chi connectivity index (χ1) is 14.9. The van der Waals surface area contributed by atoms with Gasteiger partial charge in [0.1, 0.15) is 11.7 Å².